The van der Waals surface area contributed by atoms with Crippen LogP contribution in [0.2, 0.25) is 0 Å². The minimum Gasteiger partial charge on any atom is -0.507 e. The molecule has 45 heavy (non-hydrogen) atoms. The zero-order valence-electron chi connectivity index (χ0n) is 26.3. The number of ketones is 1. The summed E-state index contributed by atoms with van der Waals surface area (Å²) in [5.74, 6) is -0.000240. The molecular weight excluding hydrogens is 572 g/mol. The molecule has 8 nitrogen and oxygen atoms in total. The van der Waals surface area contributed by atoms with Crippen molar-refractivity contribution in [2.45, 2.75) is 58.8 Å². The number of phenolic OH excluding ortho intramolecular Hbond substituents is 2. The standard InChI is InChI=1S/C37H36O8/c1-15-7-9-18(10-8-15)12-20-19-11-16(2)25(17(3)38)34-32-26(19)31-27(35(20)41)21(39)13-23(43-4)29(31)30-24(44-5)14-22(40)28(33(30)32)36(42)37(34)45-6/h11,13-15,18,25,41-42H,7-10,12H2,1-6H3. The Kier molecular flexibility index (Phi) is 6.62. The number of phenols is 2. The van der Waals surface area contributed by atoms with Crippen LogP contribution < -0.4 is 25.1 Å². The minimum absolute atomic E-state index is 0.0251. The third-order valence-corrected chi connectivity index (χ3v) is 10.4. The van der Waals surface area contributed by atoms with E-state index >= 15 is 0 Å². The fourth-order valence-electron chi connectivity index (χ4n) is 8.36. The highest BCUT2D eigenvalue weighted by molar-refractivity contribution is 6.39. The maximum absolute atomic E-state index is 13.9. The fraction of sp³-hybridized carbons (Fsp3) is 0.378. The summed E-state index contributed by atoms with van der Waals surface area (Å²) >= 11 is 0. The van der Waals surface area contributed by atoms with Crippen molar-refractivity contribution in [1.82, 2.24) is 0 Å². The first-order valence-corrected chi connectivity index (χ1v) is 15.5. The Labute approximate surface area is 259 Å². The number of hydrogen-bond acceptors (Lipinski definition) is 8. The molecule has 0 heterocycles. The quantitative estimate of drug-likeness (QED) is 0.160. The van der Waals surface area contributed by atoms with Gasteiger partial charge < -0.3 is 24.4 Å². The molecule has 0 spiro atoms. The van der Waals surface area contributed by atoms with Crippen LogP contribution in [0, 0.1) is 11.8 Å². The molecule has 2 aliphatic carbocycles. The zero-order valence-corrected chi connectivity index (χ0v) is 26.3. The van der Waals surface area contributed by atoms with Crippen LogP contribution in [0.25, 0.3) is 49.2 Å². The van der Waals surface area contributed by atoms with Gasteiger partial charge in [-0.15, -0.1) is 0 Å². The second-order valence-electron chi connectivity index (χ2n) is 13.0. The smallest absolute Gasteiger partial charge is 0.194 e. The van der Waals surface area contributed by atoms with Crippen LogP contribution in [0.3, 0.4) is 0 Å². The van der Waals surface area contributed by atoms with Gasteiger partial charge >= 0.3 is 0 Å². The molecule has 1 atom stereocenters. The molecular formula is C37H36O8. The van der Waals surface area contributed by atoms with Gasteiger partial charge in [-0.2, -0.15) is 0 Å². The molecule has 5 aromatic carbocycles. The summed E-state index contributed by atoms with van der Waals surface area (Å²) in [5.41, 5.74) is 1.58. The third-order valence-electron chi connectivity index (χ3n) is 10.4. The normalized spacial score (nSPS) is 19.9. The van der Waals surface area contributed by atoms with Gasteiger partial charge in [-0.05, 0) is 61.3 Å². The number of benzene rings is 5. The van der Waals surface area contributed by atoms with Crippen molar-refractivity contribution >= 4 is 54.9 Å². The lowest BCUT2D eigenvalue weighted by Gasteiger charge is -2.28. The van der Waals surface area contributed by atoms with E-state index in [-0.39, 0.29) is 45.3 Å². The van der Waals surface area contributed by atoms with Gasteiger partial charge in [0.1, 0.15) is 23.0 Å². The average molecular weight is 609 g/mol. The highest BCUT2D eigenvalue weighted by Crippen LogP contribution is 2.57. The molecule has 1 saturated carbocycles. The van der Waals surface area contributed by atoms with E-state index in [1.165, 1.54) is 40.4 Å². The Morgan fingerprint density at radius 3 is 1.87 bits per heavy atom. The third kappa shape index (κ3) is 3.87. The van der Waals surface area contributed by atoms with Crippen molar-refractivity contribution in [2.24, 2.45) is 11.8 Å². The number of Topliss-reactive ketones (excluding diaryl/α,β-unsaturated/α-hetero) is 1. The molecule has 0 amide bonds. The van der Waals surface area contributed by atoms with E-state index in [0.717, 1.165) is 25.7 Å². The first kappa shape index (κ1) is 29.1. The Bertz CT molecular complexity index is 2220. The predicted molar refractivity (Wildman–Crippen MR) is 176 cm³/mol. The molecule has 8 heteroatoms. The lowest BCUT2D eigenvalue weighted by atomic mass is 9.77. The van der Waals surface area contributed by atoms with Gasteiger partial charge in [0, 0.05) is 44.8 Å². The molecule has 1 unspecified atom stereocenters. The van der Waals surface area contributed by atoms with Crippen LogP contribution in [0.4, 0.5) is 0 Å². The van der Waals surface area contributed by atoms with Gasteiger partial charge in [0.2, 0.25) is 0 Å². The van der Waals surface area contributed by atoms with E-state index in [1.54, 1.807) is 0 Å². The molecule has 0 saturated heterocycles. The summed E-state index contributed by atoms with van der Waals surface area (Å²) in [7, 11) is 4.31. The molecule has 2 N–H and O–H groups in total. The number of methoxy groups -OCH3 is 3. The minimum atomic E-state index is -0.828. The lowest BCUT2D eigenvalue weighted by Crippen LogP contribution is -2.16. The SMILES string of the molecule is COc1c(O)c2c(=O)cc(OC)c3c4c(OC)cc(=O)c5c(O)c(CC6CCC(C)CC6)c6c(c(c1C(C(C)=O)C(C)=C6)c23)c54. The van der Waals surface area contributed by atoms with Crippen LogP contribution in [-0.4, -0.2) is 37.3 Å². The van der Waals surface area contributed by atoms with E-state index in [1.807, 2.05) is 13.0 Å². The number of carbonyl (C=O) groups excluding carboxylic acids is 1. The van der Waals surface area contributed by atoms with E-state index < -0.39 is 16.8 Å². The van der Waals surface area contributed by atoms with Gasteiger partial charge in [-0.25, -0.2) is 0 Å². The average Bonchev–Trinajstić information content (AvgIpc) is 3.14. The van der Waals surface area contributed by atoms with E-state index in [9.17, 15) is 24.6 Å². The lowest BCUT2D eigenvalue weighted by molar-refractivity contribution is -0.117. The summed E-state index contributed by atoms with van der Waals surface area (Å²) in [6, 6.07) is 2.66. The van der Waals surface area contributed by atoms with Crippen molar-refractivity contribution in [3.8, 4) is 28.7 Å². The van der Waals surface area contributed by atoms with E-state index in [4.69, 9.17) is 14.2 Å². The molecule has 5 aromatic rings. The second-order valence-corrected chi connectivity index (χ2v) is 13.0. The number of allylic oxidation sites excluding steroid dienone is 1. The summed E-state index contributed by atoms with van der Waals surface area (Å²) in [4.78, 5) is 41.2. The summed E-state index contributed by atoms with van der Waals surface area (Å²) < 4.78 is 17.4. The summed E-state index contributed by atoms with van der Waals surface area (Å²) in [6.07, 6.45) is 6.68. The Morgan fingerprint density at radius 1 is 0.778 bits per heavy atom. The number of ether oxygens (including phenoxy) is 3. The van der Waals surface area contributed by atoms with Crippen molar-refractivity contribution in [1.29, 1.82) is 0 Å². The number of fused-ring (bicyclic) bond motifs is 1. The largest absolute Gasteiger partial charge is 0.507 e. The van der Waals surface area contributed by atoms with Gasteiger partial charge in [0.15, 0.2) is 22.4 Å². The monoisotopic (exact) mass is 608 g/mol. The molecule has 0 aromatic heterocycles. The first-order valence-electron chi connectivity index (χ1n) is 15.5. The summed E-state index contributed by atoms with van der Waals surface area (Å²) in [5, 5.41) is 26.9. The van der Waals surface area contributed by atoms with Crippen LogP contribution in [0.15, 0.2) is 27.3 Å². The van der Waals surface area contributed by atoms with Gasteiger partial charge in [0.25, 0.3) is 0 Å². The van der Waals surface area contributed by atoms with Crippen molar-refractivity contribution < 1.29 is 29.2 Å². The Morgan fingerprint density at radius 2 is 1.33 bits per heavy atom. The van der Waals surface area contributed by atoms with Gasteiger partial charge in [-0.1, -0.05) is 31.4 Å². The Hall–Kier alpha value is -4.59. The molecule has 2 aliphatic rings. The van der Waals surface area contributed by atoms with Gasteiger partial charge in [-0.3, -0.25) is 14.4 Å². The Balaban J connectivity index is 1.85. The maximum Gasteiger partial charge on any atom is 0.194 e. The highest BCUT2D eigenvalue weighted by Gasteiger charge is 2.37. The van der Waals surface area contributed by atoms with Crippen molar-refractivity contribution in [2.75, 3.05) is 21.3 Å². The van der Waals surface area contributed by atoms with Crippen LogP contribution in [0.5, 0.6) is 28.7 Å². The number of hydrogen-bond donors (Lipinski definition) is 2. The van der Waals surface area contributed by atoms with Crippen LogP contribution >= 0.6 is 0 Å². The fourth-order valence-corrected chi connectivity index (χ4v) is 8.36. The van der Waals surface area contributed by atoms with Crippen molar-refractivity contribution in [3.63, 3.8) is 0 Å². The molecule has 0 aliphatic heterocycles. The maximum atomic E-state index is 13.9. The zero-order chi connectivity index (χ0) is 32.1. The summed E-state index contributed by atoms with van der Waals surface area (Å²) in [6.45, 7) is 5.60. The van der Waals surface area contributed by atoms with Gasteiger partial charge in [0.05, 0.1) is 38.0 Å². The number of rotatable bonds is 6. The second kappa shape index (κ2) is 10.2. The van der Waals surface area contributed by atoms with Crippen LogP contribution in [0.1, 0.15) is 69.1 Å². The number of carbonyl (C=O) groups is 1. The van der Waals surface area contributed by atoms with E-state index in [2.05, 4.69) is 6.92 Å². The van der Waals surface area contributed by atoms with Crippen molar-refractivity contribution in [3.05, 3.63) is 54.8 Å². The highest BCUT2D eigenvalue weighted by atomic mass is 16.5. The van der Waals surface area contributed by atoms with E-state index in [0.29, 0.717) is 72.8 Å². The molecule has 1 fully saturated rings. The predicted octanol–water partition coefficient (Wildman–Crippen LogP) is 6.79. The molecule has 0 radical (unpaired) electrons. The van der Waals surface area contributed by atoms with Crippen LogP contribution in [-0.2, 0) is 11.2 Å². The molecule has 0 bridgehead atoms. The topological polar surface area (TPSA) is 119 Å². The number of aromatic hydroxyl groups is 2. The molecule has 7 rings (SSSR count). The first-order chi connectivity index (χ1) is 21.5. The molecule has 232 valence electrons.